The summed E-state index contributed by atoms with van der Waals surface area (Å²) in [5, 5.41) is 9.17. The topological polar surface area (TPSA) is 102 Å². The fourth-order valence-electron chi connectivity index (χ4n) is 3.59. The van der Waals surface area contributed by atoms with Crippen LogP contribution in [0.2, 0.25) is 5.02 Å². The Balaban J connectivity index is 1.68. The number of nitrogens with zero attached hydrogens (tertiary/aromatic N) is 4. The van der Waals surface area contributed by atoms with Gasteiger partial charge < -0.3 is 25.8 Å². The normalized spacial score (nSPS) is 13.3. The molecule has 0 bridgehead atoms. The molecule has 170 valence electrons. The predicted molar refractivity (Wildman–Crippen MR) is 130 cm³/mol. The molecule has 9 nitrogen and oxygen atoms in total. The smallest absolute Gasteiger partial charge is 0.257 e. The van der Waals surface area contributed by atoms with E-state index in [-0.39, 0.29) is 22.8 Å². The Labute approximate surface area is 196 Å². The lowest BCUT2D eigenvalue weighted by atomic mass is 10.1. The number of nitrogens with one attached hydrogen (secondary N) is 3. The molecule has 2 aromatic carbocycles. The van der Waals surface area contributed by atoms with E-state index < -0.39 is 0 Å². The number of likely N-dealkylation sites (N-methyl/N-ethyl adjacent to an activating group) is 2. The Morgan fingerprint density at radius 1 is 1.00 bits per heavy atom. The first-order valence-electron chi connectivity index (χ1n) is 10.4. The van der Waals surface area contributed by atoms with Crippen LogP contribution in [0.3, 0.4) is 0 Å². The Hall–Kier alpha value is -3.85. The molecule has 10 heteroatoms. The monoisotopic (exact) mass is 465 g/mol. The van der Waals surface area contributed by atoms with Crippen LogP contribution in [0.15, 0.2) is 48.7 Å². The van der Waals surface area contributed by atoms with Gasteiger partial charge in [0.15, 0.2) is 5.82 Å². The third kappa shape index (κ3) is 4.54. The number of fused-ring (bicyclic) bond motifs is 1. The molecule has 0 fully saturated rings. The zero-order valence-electron chi connectivity index (χ0n) is 18.5. The minimum atomic E-state index is -0.236. The largest absolute Gasteiger partial charge is 0.372 e. The Morgan fingerprint density at radius 2 is 1.73 bits per heavy atom. The third-order valence-electron chi connectivity index (χ3n) is 5.43. The molecule has 1 aromatic heterocycles. The van der Waals surface area contributed by atoms with Gasteiger partial charge in [-0.3, -0.25) is 9.59 Å². The quantitative estimate of drug-likeness (QED) is 0.530. The van der Waals surface area contributed by atoms with Crippen LogP contribution in [-0.4, -0.2) is 60.9 Å². The molecule has 3 aromatic rings. The van der Waals surface area contributed by atoms with E-state index in [1.165, 1.54) is 6.20 Å². The van der Waals surface area contributed by atoms with Crippen molar-refractivity contribution in [2.45, 2.75) is 0 Å². The minimum absolute atomic E-state index is 0.0794. The highest BCUT2D eigenvalue weighted by molar-refractivity contribution is 6.33. The standard InChI is InChI=1S/C23H24ClN7O2/c1-25-21(32)14-7-4-5-8-16(14)27-20-15(24)13-26-23(29-20)28-17-9-6-10-18-19(17)22(33)31(3)12-11-30(18)2/h4-10,13H,11-12H2,1-3H3,(H,25,32)(H2,26,27,28,29). The van der Waals surface area contributed by atoms with Crippen molar-refractivity contribution in [1.29, 1.82) is 0 Å². The summed E-state index contributed by atoms with van der Waals surface area (Å²) in [5.41, 5.74) is 2.99. The Morgan fingerprint density at radius 3 is 2.52 bits per heavy atom. The summed E-state index contributed by atoms with van der Waals surface area (Å²) in [5.74, 6) is 0.271. The number of halogens is 1. The van der Waals surface area contributed by atoms with Crippen molar-refractivity contribution < 1.29 is 9.59 Å². The third-order valence-corrected chi connectivity index (χ3v) is 5.70. The molecule has 0 spiro atoms. The Bertz CT molecular complexity index is 1220. The summed E-state index contributed by atoms with van der Waals surface area (Å²) in [6.45, 7) is 1.36. The van der Waals surface area contributed by atoms with Gasteiger partial charge in [0.05, 0.1) is 34.4 Å². The second-order valence-electron chi connectivity index (χ2n) is 7.61. The maximum atomic E-state index is 13.0. The second-order valence-corrected chi connectivity index (χ2v) is 8.02. The molecule has 0 atom stereocenters. The molecular formula is C23H24ClN7O2. The van der Waals surface area contributed by atoms with Crippen molar-refractivity contribution in [2.24, 2.45) is 0 Å². The van der Waals surface area contributed by atoms with E-state index in [0.717, 1.165) is 12.2 Å². The van der Waals surface area contributed by atoms with Gasteiger partial charge >= 0.3 is 0 Å². The first-order valence-corrected chi connectivity index (χ1v) is 10.7. The van der Waals surface area contributed by atoms with Crippen LogP contribution < -0.4 is 20.9 Å². The van der Waals surface area contributed by atoms with Gasteiger partial charge in [-0.2, -0.15) is 4.98 Å². The van der Waals surface area contributed by atoms with E-state index in [4.69, 9.17) is 11.6 Å². The summed E-state index contributed by atoms with van der Waals surface area (Å²) in [4.78, 5) is 37.7. The second kappa shape index (κ2) is 9.33. The number of benzene rings is 2. The van der Waals surface area contributed by atoms with Crippen molar-refractivity contribution in [3.05, 3.63) is 64.8 Å². The van der Waals surface area contributed by atoms with Gasteiger partial charge in [-0.25, -0.2) is 4.98 Å². The van der Waals surface area contributed by atoms with Crippen molar-refractivity contribution in [3.8, 4) is 0 Å². The van der Waals surface area contributed by atoms with Gasteiger partial charge in [0.25, 0.3) is 11.8 Å². The molecule has 2 heterocycles. The van der Waals surface area contributed by atoms with E-state index in [1.807, 2.05) is 30.1 Å². The number of hydrogen-bond donors (Lipinski definition) is 3. The van der Waals surface area contributed by atoms with E-state index in [9.17, 15) is 9.59 Å². The summed E-state index contributed by atoms with van der Waals surface area (Å²) in [6, 6.07) is 12.7. The molecule has 0 saturated carbocycles. The van der Waals surface area contributed by atoms with Gasteiger partial charge in [-0.1, -0.05) is 29.8 Å². The molecular weight excluding hydrogens is 442 g/mol. The molecule has 3 N–H and O–H groups in total. The summed E-state index contributed by atoms with van der Waals surface area (Å²) in [7, 11) is 5.31. The van der Waals surface area contributed by atoms with Crippen molar-refractivity contribution >= 4 is 52.2 Å². The number of anilines is 5. The highest BCUT2D eigenvalue weighted by Crippen LogP contribution is 2.32. The zero-order chi connectivity index (χ0) is 23.5. The number of carbonyl (C=O) groups excluding carboxylic acids is 2. The van der Waals surface area contributed by atoms with Crippen LogP contribution in [0, 0.1) is 0 Å². The highest BCUT2D eigenvalue weighted by Gasteiger charge is 2.26. The average Bonchev–Trinajstić information content (AvgIpc) is 2.93. The van der Waals surface area contributed by atoms with Crippen molar-refractivity contribution in [3.63, 3.8) is 0 Å². The number of para-hydroxylation sites is 1. The maximum absolute atomic E-state index is 13.0. The molecule has 0 unspecified atom stereocenters. The molecule has 0 radical (unpaired) electrons. The van der Waals surface area contributed by atoms with E-state index in [2.05, 4.69) is 25.9 Å². The van der Waals surface area contributed by atoms with Crippen LogP contribution in [0.5, 0.6) is 0 Å². The molecule has 2 amide bonds. The molecule has 0 aliphatic carbocycles. The molecule has 33 heavy (non-hydrogen) atoms. The van der Waals surface area contributed by atoms with Crippen LogP contribution >= 0.6 is 11.6 Å². The number of rotatable bonds is 5. The van der Waals surface area contributed by atoms with Crippen LogP contribution in [0.4, 0.5) is 28.8 Å². The van der Waals surface area contributed by atoms with Crippen molar-refractivity contribution in [2.75, 3.05) is 49.8 Å². The minimum Gasteiger partial charge on any atom is -0.372 e. The molecule has 1 aliphatic rings. The summed E-state index contributed by atoms with van der Waals surface area (Å²) < 4.78 is 0. The lowest BCUT2D eigenvalue weighted by Gasteiger charge is -2.20. The molecule has 1 aliphatic heterocycles. The van der Waals surface area contributed by atoms with E-state index in [1.54, 1.807) is 43.3 Å². The maximum Gasteiger partial charge on any atom is 0.257 e. The first-order chi connectivity index (χ1) is 15.9. The summed E-state index contributed by atoms with van der Waals surface area (Å²) >= 11 is 6.33. The van der Waals surface area contributed by atoms with Crippen LogP contribution in [-0.2, 0) is 0 Å². The van der Waals surface area contributed by atoms with Gasteiger partial charge in [0.1, 0.15) is 5.02 Å². The lowest BCUT2D eigenvalue weighted by molar-refractivity contribution is 0.0805. The zero-order valence-corrected chi connectivity index (χ0v) is 19.3. The van der Waals surface area contributed by atoms with Crippen molar-refractivity contribution in [1.82, 2.24) is 20.2 Å². The van der Waals surface area contributed by atoms with Gasteiger partial charge in [-0.05, 0) is 24.3 Å². The van der Waals surface area contributed by atoms with Crippen LogP contribution in [0.25, 0.3) is 0 Å². The first kappa shape index (κ1) is 22.3. The van der Waals surface area contributed by atoms with Crippen LogP contribution in [0.1, 0.15) is 20.7 Å². The molecule has 0 saturated heterocycles. The molecule has 4 rings (SSSR count). The van der Waals surface area contributed by atoms with Gasteiger partial charge in [-0.15, -0.1) is 0 Å². The fraction of sp³-hybridized carbons (Fsp3) is 0.217. The predicted octanol–water partition coefficient (Wildman–Crippen LogP) is 3.50. The Kier molecular flexibility index (Phi) is 6.32. The fourth-order valence-corrected chi connectivity index (χ4v) is 3.73. The van der Waals surface area contributed by atoms with E-state index in [0.29, 0.717) is 34.9 Å². The van der Waals surface area contributed by atoms with Gasteiger partial charge in [0, 0.05) is 34.2 Å². The van der Waals surface area contributed by atoms with E-state index >= 15 is 0 Å². The number of hydrogen-bond acceptors (Lipinski definition) is 7. The lowest BCUT2D eigenvalue weighted by Crippen LogP contribution is -2.30. The number of aromatic nitrogens is 2. The average molecular weight is 466 g/mol. The number of carbonyl (C=O) groups is 2. The SMILES string of the molecule is CNC(=O)c1ccccc1Nc1nc(Nc2cccc3c2C(=O)N(C)CCN3C)ncc1Cl. The highest BCUT2D eigenvalue weighted by atomic mass is 35.5. The number of amides is 2. The van der Waals surface area contributed by atoms with Gasteiger partial charge in [0.2, 0.25) is 5.95 Å². The summed E-state index contributed by atoms with van der Waals surface area (Å²) in [6.07, 6.45) is 1.46.